The van der Waals surface area contributed by atoms with Gasteiger partial charge in [-0.1, -0.05) is 24.3 Å². The Balaban J connectivity index is 1.45. The van der Waals surface area contributed by atoms with Crippen molar-refractivity contribution >= 4 is 11.6 Å². The molecule has 0 N–H and O–H groups in total. The number of benzene rings is 2. The molecule has 0 radical (unpaired) electrons. The first-order valence-electron chi connectivity index (χ1n) is 10.0. The van der Waals surface area contributed by atoms with E-state index in [0.717, 1.165) is 17.0 Å². The van der Waals surface area contributed by atoms with E-state index < -0.39 is 0 Å². The van der Waals surface area contributed by atoms with Gasteiger partial charge in [-0.25, -0.2) is 9.07 Å². The van der Waals surface area contributed by atoms with E-state index in [4.69, 9.17) is 4.74 Å². The minimum Gasteiger partial charge on any atom is -0.495 e. The third kappa shape index (κ3) is 4.58. The Labute approximate surface area is 179 Å². The van der Waals surface area contributed by atoms with E-state index in [2.05, 4.69) is 10.00 Å². The van der Waals surface area contributed by atoms with Crippen molar-refractivity contribution in [1.29, 1.82) is 0 Å². The summed E-state index contributed by atoms with van der Waals surface area (Å²) < 4.78 is 19.8. The van der Waals surface area contributed by atoms with Gasteiger partial charge in [-0.3, -0.25) is 9.59 Å². The Morgan fingerprint density at radius 1 is 1.00 bits per heavy atom. The highest BCUT2D eigenvalue weighted by molar-refractivity contribution is 5.92. The molecule has 0 saturated carbocycles. The summed E-state index contributed by atoms with van der Waals surface area (Å²) in [6.45, 7) is 2.58. The average Bonchev–Trinajstić information content (AvgIpc) is 2.81. The minimum absolute atomic E-state index is 0.168. The smallest absolute Gasteiger partial charge is 0.274 e. The Kier molecular flexibility index (Phi) is 5.97. The molecule has 0 atom stereocenters. The van der Waals surface area contributed by atoms with Crippen molar-refractivity contribution in [2.75, 3.05) is 38.2 Å². The normalized spacial score (nSPS) is 13.9. The molecule has 1 saturated heterocycles. The molecule has 7 nitrogen and oxygen atoms in total. The molecule has 2 heterocycles. The van der Waals surface area contributed by atoms with Crippen LogP contribution >= 0.6 is 0 Å². The van der Waals surface area contributed by atoms with Gasteiger partial charge < -0.3 is 14.5 Å². The van der Waals surface area contributed by atoms with Crippen LogP contribution in [0.15, 0.2) is 65.5 Å². The zero-order chi connectivity index (χ0) is 21.8. The molecule has 0 spiro atoms. The Morgan fingerprint density at radius 2 is 1.71 bits per heavy atom. The number of para-hydroxylation sites is 2. The van der Waals surface area contributed by atoms with E-state index in [0.29, 0.717) is 26.2 Å². The summed E-state index contributed by atoms with van der Waals surface area (Å²) in [5.41, 5.74) is 1.63. The SMILES string of the molecule is COc1ccccc1N1CCN(C(=O)c2ccc(=O)n(Cc3ccc(F)cc3)n2)CC1. The lowest BCUT2D eigenvalue weighted by molar-refractivity contribution is 0.0738. The highest BCUT2D eigenvalue weighted by Gasteiger charge is 2.25. The van der Waals surface area contributed by atoms with Crippen LogP contribution in [0.5, 0.6) is 5.75 Å². The third-order valence-corrected chi connectivity index (χ3v) is 5.32. The molecule has 31 heavy (non-hydrogen) atoms. The minimum atomic E-state index is -0.347. The van der Waals surface area contributed by atoms with Crippen LogP contribution in [0.25, 0.3) is 0 Å². The molecule has 1 aliphatic heterocycles. The number of carbonyl (C=O) groups excluding carboxylic acids is 1. The number of aromatic nitrogens is 2. The molecule has 1 fully saturated rings. The zero-order valence-electron chi connectivity index (χ0n) is 17.2. The second kappa shape index (κ2) is 8.99. The van der Waals surface area contributed by atoms with E-state index in [9.17, 15) is 14.0 Å². The maximum Gasteiger partial charge on any atom is 0.274 e. The van der Waals surface area contributed by atoms with Crippen molar-refractivity contribution in [1.82, 2.24) is 14.7 Å². The number of methoxy groups -OCH3 is 1. The van der Waals surface area contributed by atoms with Gasteiger partial charge in [0.2, 0.25) is 0 Å². The number of halogens is 1. The Morgan fingerprint density at radius 3 is 2.42 bits per heavy atom. The zero-order valence-corrected chi connectivity index (χ0v) is 17.2. The summed E-state index contributed by atoms with van der Waals surface area (Å²) >= 11 is 0. The lowest BCUT2D eigenvalue weighted by Gasteiger charge is -2.36. The Hall–Kier alpha value is -3.68. The van der Waals surface area contributed by atoms with Crippen LogP contribution in [0.1, 0.15) is 16.1 Å². The number of hydrogen-bond donors (Lipinski definition) is 0. The predicted molar refractivity (Wildman–Crippen MR) is 115 cm³/mol. The molecule has 8 heteroatoms. The molecule has 4 rings (SSSR count). The van der Waals surface area contributed by atoms with Gasteiger partial charge in [-0.2, -0.15) is 5.10 Å². The van der Waals surface area contributed by atoms with Crippen LogP contribution in [0, 0.1) is 5.82 Å². The number of nitrogens with zero attached hydrogens (tertiary/aromatic N) is 4. The van der Waals surface area contributed by atoms with Crippen molar-refractivity contribution in [3.8, 4) is 5.75 Å². The fraction of sp³-hybridized carbons (Fsp3) is 0.261. The first-order chi connectivity index (χ1) is 15.0. The average molecular weight is 422 g/mol. The van der Waals surface area contributed by atoms with E-state index >= 15 is 0 Å². The van der Waals surface area contributed by atoms with E-state index in [1.54, 1.807) is 24.1 Å². The monoisotopic (exact) mass is 422 g/mol. The highest BCUT2D eigenvalue weighted by atomic mass is 19.1. The van der Waals surface area contributed by atoms with Gasteiger partial charge >= 0.3 is 0 Å². The molecular formula is C23H23FN4O3. The van der Waals surface area contributed by atoms with Crippen LogP contribution in [-0.4, -0.2) is 53.9 Å². The van der Waals surface area contributed by atoms with E-state index in [1.165, 1.54) is 28.9 Å². The topological polar surface area (TPSA) is 67.7 Å². The van der Waals surface area contributed by atoms with Crippen LogP contribution in [0.4, 0.5) is 10.1 Å². The first kappa shape index (κ1) is 20.6. The van der Waals surface area contributed by atoms with Gasteiger partial charge in [0.15, 0.2) is 0 Å². The van der Waals surface area contributed by atoms with Gasteiger partial charge in [0.1, 0.15) is 17.3 Å². The van der Waals surface area contributed by atoms with Gasteiger partial charge in [0.25, 0.3) is 11.5 Å². The summed E-state index contributed by atoms with van der Waals surface area (Å²) in [7, 11) is 1.64. The summed E-state index contributed by atoms with van der Waals surface area (Å²) in [6.07, 6.45) is 0. The number of rotatable bonds is 5. The standard InChI is InChI=1S/C23H23FN4O3/c1-31-21-5-3-2-4-20(21)26-12-14-27(15-13-26)23(30)19-10-11-22(29)28(25-19)16-17-6-8-18(24)9-7-17/h2-11H,12-16H2,1H3. The van der Waals surface area contributed by atoms with E-state index in [1.807, 2.05) is 24.3 Å². The van der Waals surface area contributed by atoms with Crippen molar-refractivity contribution in [3.05, 3.63) is 88.1 Å². The predicted octanol–water partition coefficient (Wildman–Crippen LogP) is 2.40. The Bertz CT molecular complexity index is 1120. The number of amides is 1. The molecular weight excluding hydrogens is 399 g/mol. The van der Waals surface area contributed by atoms with Gasteiger partial charge in [-0.15, -0.1) is 0 Å². The van der Waals surface area contributed by atoms with Crippen molar-refractivity contribution < 1.29 is 13.9 Å². The van der Waals surface area contributed by atoms with E-state index in [-0.39, 0.29) is 29.5 Å². The fourth-order valence-electron chi connectivity index (χ4n) is 3.64. The quantitative estimate of drug-likeness (QED) is 0.632. The number of carbonyl (C=O) groups is 1. The highest BCUT2D eigenvalue weighted by Crippen LogP contribution is 2.28. The maximum atomic E-state index is 13.1. The molecule has 0 bridgehead atoms. The largest absolute Gasteiger partial charge is 0.495 e. The molecule has 0 unspecified atom stereocenters. The molecule has 1 aliphatic rings. The third-order valence-electron chi connectivity index (χ3n) is 5.32. The van der Waals surface area contributed by atoms with Crippen molar-refractivity contribution in [2.45, 2.75) is 6.54 Å². The molecule has 0 aliphatic carbocycles. The number of ether oxygens (including phenoxy) is 1. The molecule has 1 aromatic heterocycles. The number of piperazine rings is 1. The second-order valence-corrected chi connectivity index (χ2v) is 7.29. The van der Waals surface area contributed by atoms with Gasteiger partial charge in [0.05, 0.1) is 19.3 Å². The summed E-state index contributed by atoms with van der Waals surface area (Å²) in [5, 5.41) is 4.26. The van der Waals surface area contributed by atoms with Gasteiger partial charge in [-0.05, 0) is 35.9 Å². The number of hydrogen-bond acceptors (Lipinski definition) is 5. The maximum absolute atomic E-state index is 13.1. The van der Waals surface area contributed by atoms with Gasteiger partial charge in [0, 0.05) is 32.2 Å². The molecule has 160 valence electrons. The van der Waals surface area contributed by atoms with Crippen LogP contribution < -0.4 is 15.2 Å². The van der Waals surface area contributed by atoms with Crippen LogP contribution in [0.3, 0.4) is 0 Å². The summed E-state index contributed by atoms with van der Waals surface area (Å²) in [5.74, 6) is 0.240. The van der Waals surface area contributed by atoms with Crippen LogP contribution in [-0.2, 0) is 6.54 Å². The summed E-state index contributed by atoms with van der Waals surface area (Å²) in [6, 6.07) is 16.5. The lowest BCUT2D eigenvalue weighted by Crippen LogP contribution is -2.49. The van der Waals surface area contributed by atoms with Crippen molar-refractivity contribution in [3.63, 3.8) is 0 Å². The van der Waals surface area contributed by atoms with Crippen LogP contribution in [0.2, 0.25) is 0 Å². The molecule has 1 amide bonds. The number of anilines is 1. The summed E-state index contributed by atoms with van der Waals surface area (Å²) in [4.78, 5) is 29.1. The fourth-order valence-corrected chi connectivity index (χ4v) is 3.64. The molecule has 2 aromatic carbocycles. The lowest BCUT2D eigenvalue weighted by atomic mass is 10.2. The second-order valence-electron chi connectivity index (χ2n) is 7.29. The first-order valence-corrected chi connectivity index (χ1v) is 10.0. The molecule has 3 aromatic rings. The van der Waals surface area contributed by atoms with Crippen molar-refractivity contribution in [2.24, 2.45) is 0 Å².